The van der Waals surface area contributed by atoms with Crippen LogP contribution in [0.15, 0.2) is 18.2 Å². The van der Waals surface area contributed by atoms with Crippen molar-refractivity contribution in [1.29, 1.82) is 5.26 Å². The number of aliphatic hydroxyl groups is 1. The van der Waals surface area contributed by atoms with E-state index >= 15 is 0 Å². The number of halogens is 1. The van der Waals surface area contributed by atoms with Crippen molar-refractivity contribution in [2.45, 2.75) is 39.3 Å². The molecule has 0 aliphatic carbocycles. The van der Waals surface area contributed by atoms with Gasteiger partial charge >= 0.3 is 6.03 Å². The van der Waals surface area contributed by atoms with E-state index in [1.807, 2.05) is 19.9 Å². The van der Waals surface area contributed by atoms with Gasteiger partial charge in [-0.2, -0.15) is 5.26 Å². The number of benzene rings is 1. The Morgan fingerprint density at radius 2 is 2.05 bits per heavy atom. The van der Waals surface area contributed by atoms with Crippen LogP contribution in [-0.2, 0) is 6.54 Å². The zero-order chi connectivity index (χ0) is 16.5. The number of aliphatic hydroxyl groups excluding tert-OH is 1. The van der Waals surface area contributed by atoms with E-state index in [4.69, 9.17) is 5.26 Å². The van der Waals surface area contributed by atoms with Crippen molar-refractivity contribution in [3.8, 4) is 6.07 Å². The molecule has 0 fully saturated rings. The molecule has 0 aromatic heterocycles. The number of nitriles is 1. The number of amides is 2. The van der Waals surface area contributed by atoms with Gasteiger partial charge < -0.3 is 15.7 Å². The molecule has 0 heterocycles. The summed E-state index contributed by atoms with van der Waals surface area (Å²) >= 11 is 0. The summed E-state index contributed by atoms with van der Waals surface area (Å²) in [7, 11) is 0. The van der Waals surface area contributed by atoms with Crippen LogP contribution in [0, 0.1) is 23.1 Å². The van der Waals surface area contributed by atoms with Gasteiger partial charge in [-0.05, 0) is 18.1 Å². The zero-order valence-corrected chi connectivity index (χ0v) is 12.9. The number of hydrogen-bond acceptors (Lipinski definition) is 3. The first-order valence-corrected chi connectivity index (χ1v) is 7.40. The summed E-state index contributed by atoms with van der Waals surface area (Å²) in [5.41, 5.74) is 0.536. The largest absolute Gasteiger partial charge is 0.391 e. The van der Waals surface area contributed by atoms with E-state index in [0.29, 0.717) is 5.56 Å². The smallest absolute Gasteiger partial charge is 0.315 e. The first-order chi connectivity index (χ1) is 10.5. The van der Waals surface area contributed by atoms with Gasteiger partial charge in [0.25, 0.3) is 0 Å². The van der Waals surface area contributed by atoms with Crippen molar-refractivity contribution in [2.24, 2.45) is 5.92 Å². The van der Waals surface area contributed by atoms with Crippen LogP contribution in [0.25, 0.3) is 0 Å². The van der Waals surface area contributed by atoms with Gasteiger partial charge in [-0.25, -0.2) is 9.18 Å². The summed E-state index contributed by atoms with van der Waals surface area (Å²) in [4.78, 5) is 11.6. The molecule has 2 amide bonds. The molecule has 5 nitrogen and oxygen atoms in total. The fourth-order valence-electron chi connectivity index (χ4n) is 2.19. The van der Waals surface area contributed by atoms with Crippen LogP contribution in [-0.4, -0.2) is 23.8 Å². The fourth-order valence-corrected chi connectivity index (χ4v) is 2.19. The molecular weight excluding hydrogens is 285 g/mol. The summed E-state index contributed by atoms with van der Waals surface area (Å²) < 4.78 is 13.6. The number of carbonyl (C=O) groups is 1. The molecule has 1 aromatic carbocycles. The van der Waals surface area contributed by atoms with Crippen LogP contribution >= 0.6 is 0 Å². The normalized spacial score (nSPS) is 11.8. The monoisotopic (exact) mass is 307 g/mol. The van der Waals surface area contributed by atoms with Gasteiger partial charge in [0.1, 0.15) is 5.82 Å². The molecule has 1 rings (SSSR count). The van der Waals surface area contributed by atoms with Crippen LogP contribution in [0.3, 0.4) is 0 Å². The summed E-state index contributed by atoms with van der Waals surface area (Å²) in [5, 5.41) is 23.7. The molecule has 0 aliphatic rings. The van der Waals surface area contributed by atoms with Crippen LogP contribution in [0.1, 0.15) is 37.8 Å². The molecular formula is C16H22FN3O2. The van der Waals surface area contributed by atoms with Crippen molar-refractivity contribution >= 4 is 6.03 Å². The highest BCUT2D eigenvalue weighted by Crippen LogP contribution is 2.12. The Bertz CT molecular complexity index is 539. The SMILES string of the molecule is CCC(CC)C(O)CNC(=O)NCc1ccc(C#N)cc1F. The summed E-state index contributed by atoms with van der Waals surface area (Å²) in [6.07, 6.45) is 1.10. The minimum atomic E-state index is -0.590. The third-order valence-corrected chi connectivity index (χ3v) is 3.69. The second kappa shape index (κ2) is 9.00. The minimum Gasteiger partial charge on any atom is -0.391 e. The molecule has 6 heteroatoms. The second-order valence-corrected chi connectivity index (χ2v) is 5.13. The maximum atomic E-state index is 13.6. The average Bonchev–Trinajstić information content (AvgIpc) is 2.52. The Balaban J connectivity index is 2.42. The molecule has 0 bridgehead atoms. The predicted octanol–water partition coefficient (Wildman–Crippen LogP) is 2.29. The highest BCUT2D eigenvalue weighted by Gasteiger charge is 2.16. The molecule has 0 spiro atoms. The van der Waals surface area contributed by atoms with Crippen molar-refractivity contribution in [2.75, 3.05) is 6.54 Å². The van der Waals surface area contributed by atoms with Crippen molar-refractivity contribution < 1.29 is 14.3 Å². The summed E-state index contributed by atoms with van der Waals surface area (Å²) in [6, 6.07) is 5.47. The van der Waals surface area contributed by atoms with Crippen LogP contribution in [0.2, 0.25) is 0 Å². The van der Waals surface area contributed by atoms with E-state index in [1.165, 1.54) is 12.1 Å². The van der Waals surface area contributed by atoms with E-state index in [0.717, 1.165) is 18.9 Å². The zero-order valence-electron chi connectivity index (χ0n) is 12.9. The molecule has 3 N–H and O–H groups in total. The molecule has 0 aliphatic heterocycles. The van der Waals surface area contributed by atoms with Crippen molar-refractivity contribution in [3.63, 3.8) is 0 Å². The maximum absolute atomic E-state index is 13.6. The number of urea groups is 1. The maximum Gasteiger partial charge on any atom is 0.315 e. The number of hydrogen-bond donors (Lipinski definition) is 3. The Morgan fingerprint density at radius 3 is 2.59 bits per heavy atom. The summed E-state index contributed by atoms with van der Waals surface area (Å²) in [5.74, 6) is -0.382. The lowest BCUT2D eigenvalue weighted by atomic mass is 9.97. The highest BCUT2D eigenvalue weighted by atomic mass is 19.1. The fraction of sp³-hybridized carbons (Fsp3) is 0.500. The van der Waals surface area contributed by atoms with Crippen LogP contribution in [0.5, 0.6) is 0 Å². The van der Waals surface area contributed by atoms with Crippen molar-refractivity contribution in [1.82, 2.24) is 10.6 Å². The van der Waals surface area contributed by atoms with E-state index in [2.05, 4.69) is 10.6 Å². The Labute approximate surface area is 130 Å². The third kappa shape index (κ3) is 5.34. The minimum absolute atomic E-state index is 0.0183. The van der Waals surface area contributed by atoms with Crippen molar-refractivity contribution in [3.05, 3.63) is 35.1 Å². The first kappa shape index (κ1) is 17.9. The van der Waals surface area contributed by atoms with Gasteiger partial charge in [-0.3, -0.25) is 0 Å². The molecule has 22 heavy (non-hydrogen) atoms. The summed E-state index contributed by atoms with van der Waals surface area (Å²) in [6.45, 7) is 4.16. The van der Waals surface area contributed by atoms with Gasteiger partial charge in [0.05, 0.1) is 17.7 Å². The second-order valence-electron chi connectivity index (χ2n) is 5.13. The number of carbonyl (C=O) groups excluding carboxylic acids is 1. The lowest BCUT2D eigenvalue weighted by Crippen LogP contribution is -2.41. The van der Waals surface area contributed by atoms with Crippen LogP contribution < -0.4 is 10.6 Å². The van der Waals surface area contributed by atoms with E-state index in [-0.39, 0.29) is 24.6 Å². The topological polar surface area (TPSA) is 85.2 Å². The van der Waals surface area contributed by atoms with E-state index < -0.39 is 18.0 Å². The number of nitrogens with one attached hydrogen (secondary N) is 2. The Morgan fingerprint density at radius 1 is 1.36 bits per heavy atom. The molecule has 120 valence electrons. The van der Waals surface area contributed by atoms with E-state index in [9.17, 15) is 14.3 Å². The number of rotatable bonds is 7. The van der Waals surface area contributed by atoms with Gasteiger partial charge in [0, 0.05) is 18.7 Å². The van der Waals surface area contributed by atoms with Gasteiger partial charge in [0.2, 0.25) is 0 Å². The lowest BCUT2D eigenvalue weighted by molar-refractivity contribution is 0.103. The molecule has 0 radical (unpaired) electrons. The average molecular weight is 307 g/mol. The third-order valence-electron chi connectivity index (χ3n) is 3.69. The first-order valence-electron chi connectivity index (χ1n) is 7.40. The Hall–Kier alpha value is -2.13. The highest BCUT2D eigenvalue weighted by molar-refractivity contribution is 5.73. The lowest BCUT2D eigenvalue weighted by Gasteiger charge is -2.20. The molecule has 1 atom stereocenters. The van der Waals surface area contributed by atoms with Crippen LogP contribution in [0.4, 0.5) is 9.18 Å². The molecule has 0 saturated heterocycles. The predicted molar refractivity (Wildman–Crippen MR) is 81.4 cm³/mol. The molecule has 1 aromatic rings. The standard InChI is InChI=1S/C16H22FN3O2/c1-3-12(4-2)15(21)10-20-16(22)19-9-13-6-5-11(8-18)7-14(13)17/h5-7,12,15,21H,3-4,9-10H2,1-2H3,(H2,19,20,22). The van der Waals surface area contributed by atoms with Gasteiger partial charge in [-0.15, -0.1) is 0 Å². The Kier molecular flexibility index (Phi) is 7.33. The van der Waals surface area contributed by atoms with Gasteiger partial charge in [-0.1, -0.05) is 32.8 Å². The quantitative estimate of drug-likeness (QED) is 0.722. The van der Waals surface area contributed by atoms with E-state index in [1.54, 1.807) is 0 Å². The molecule has 1 unspecified atom stereocenters. The van der Waals surface area contributed by atoms with Gasteiger partial charge in [0.15, 0.2) is 0 Å². The number of nitrogens with zero attached hydrogens (tertiary/aromatic N) is 1. The molecule has 0 saturated carbocycles.